The number of benzene rings is 1. The van der Waals surface area contributed by atoms with Crippen LogP contribution in [0.15, 0.2) is 36.4 Å². The van der Waals surface area contributed by atoms with E-state index < -0.39 is 17.8 Å². The molecule has 6 nitrogen and oxygen atoms in total. The number of nitrogens with one attached hydrogen (secondary N) is 2. The first-order valence-electron chi connectivity index (χ1n) is 8.14. The normalized spacial score (nSPS) is 22.7. The summed E-state index contributed by atoms with van der Waals surface area (Å²) in [7, 11) is 0. The van der Waals surface area contributed by atoms with Gasteiger partial charge in [0.25, 0.3) is 5.91 Å². The average molecular weight is 328 g/mol. The fourth-order valence-corrected chi connectivity index (χ4v) is 2.81. The fourth-order valence-electron chi connectivity index (χ4n) is 2.81. The Hall–Kier alpha value is -2.63. The topological polar surface area (TPSA) is 95.5 Å². The second-order valence-corrected chi connectivity index (χ2v) is 6.31. The van der Waals surface area contributed by atoms with Crippen LogP contribution in [0.25, 0.3) is 0 Å². The lowest BCUT2D eigenvalue weighted by Gasteiger charge is -2.24. The molecule has 1 fully saturated rings. The number of hydrogen-bond donors (Lipinski definition) is 3. The number of allylic oxidation sites excluding steroid dienone is 2. The molecule has 2 aliphatic carbocycles. The van der Waals surface area contributed by atoms with Crippen LogP contribution < -0.4 is 10.6 Å². The lowest BCUT2D eigenvalue weighted by Crippen LogP contribution is -2.34. The molecule has 2 amide bonds. The van der Waals surface area contributed by atoms with Gasteiger partial charge in [0.15, 0.2) is 0 Å². The van der Waals surface area contributed by atoms with Gasteiger partial charge in [0.05, 0.1) is 11.8 Å². The summed E-state index contributed by atoms with van der Waals surface area (Å²) < 4.78 is 0. The van der Waals surface area contributed by atoms with Crippen LogP contribution in [0.3, 0.4) is 0 Å². The Balaban J connectivity index is 1.62. The van der Waals surface area contributed by atoms with E-state index in [0.29, 0.717) is 30.1 Å². The molecule has 0 heterocycles. The predicted octanol–water partition coefficient (Wildman–Crippen LogP) is 2.18. The van der Waals surface area contributed by atoms with Gasteiger partial charge in [-0.2, -0.15) is 0 Å². The highest BCUT2D eigenvalue weighted by Crippen LogP contribution is 2.27. The summed E-state index contributed by atoms with van der Waals surface area (Å²) in [5.41, 5.74) is 1.10. The molecule has 0 saturated heterocycles. The molecular weight excluding hydrogens is 308 g/mol. The van der Waals surface area contributed by atoms with E-state index >= 15 is 0 Å². The number of rotatable bonds is 5. The number of anilines is 1. The lowest BCUT2D eigenvalue weighted by molar-refractivity contribution is -0.146. The molecule has 0 aromatic heterocycles. The molecule has 3 N–H and O–H groups in total. The molecule has 3 rings (SSSR count). The second kappa shape index (κ2) is 6.86. The Morgan fingerprint density at radius 3 is 2.17 bits per heavy atom. The van der Waals surface area contributed by atoms with Crippen molar-refractivity contribution in [2.24, 2.45) is 11.8 Å². The molecule has 6 heteroatoms. The van der Waals surface area contributed by atoms with Gasteiger partial charge in [0.1, 0.15) is 0 Å². The van der Waals surface area contributed by atoms with Gasteiger partial charge in [0.2, 0.25) is 5.91 Å². The number of amides is 2. The molecular formula is C18H20N2O4. The largest absolute Gasteiger partial charge is 0.481 e. The first-order valence-corrected chi connectivity index (χ1v) is 8.14. The number of carboxylic acids is 1. The smallest absolute Gasteiger partial charge is 0.307 e. The highest BCUT2D eigenvalue weighted by molar-refractivity contribution is 5.97. The predicted molar refractivity (Wildman–Crippen MR) is 88.5 cm³/mol. The van der Waals surface area contributed by atoms with Crippen molar-refractivity contribution in [3.8, 4) is 0 Å². The first-order chi connectivity index (χ1) is 11.5. The summed E-state index contributed by atoms with van der Waals surface area (Å²) in [5.74, 6) is -2.64. The van der Waals surface area contributed by atoms with E-state index in [1.807, 2.05) is 6.08 Å². The van der Waals surface area contributed by atoms with E-state index in [2.05, 4.69) is 10.6 Å². The van der Waals surface area contributed by atoms with E-state index in [1.165, 1.54) is 0 Å². The fraction of sp³-hybridized carbons (Fsp3) is 0.389. The number of hydrogen-bond acceptors (Lipinski definition) is 3. The molecule has 0 unspecified atom stereocenters. The molecule has 1 aromatic rings. The molecule has 2 aliphatic rings. The van der Waals surface area contributed by atoms with Crippen LogP contribution in [-0.2, 0) is 9.59 Å². The van der Waals surface area contributed by atoms with E-state index in [1.54, 1.807) is 30.3 Å². The second-order valence-electron chi connectivity index (χ2n) is 6.31. The molecule has 24 heavy (non-hydrogen) atoms. The van der Waals surface area contributed by atoms with Crippen molar-refractivity contribution in [1.82, 2.24) is 5.32 Å². The molecule has 1 aromatic carbocycles. The SMILES string of the molecule is O=C(NC1CC1)c1ccc(NC(=O)[C@@H]2CC=CC[C@H]2C(=O)O)cc1. The molecule has 0 aliphatic heterocycles. The summed E-state index contributed by atoms with van der Waals surface area (Å²) in [6.45, 7) is 0. The maximum Gasteiger partial charge on any atom is 0.307 e. The zero-order valence-corrected chi connectivity index (χ0v) is 13.2. The highest BCUT2D eigenvalue weighted by Gasteiger charge is 2.34. The standard InChI is InChI=1S/C18H20N2O4/c21-16(19-13-9-10-13)11-5-7-12(8-6-11)20-17(22)14-3-1-2-4-15(14)18(23)24/h1-2,5-8,13-15H,3-4,9-10H2,(H,19,21)(H,20,22)(H,23,24)/t14-,15-/m1/s1. The minimum Gasteiger partial charge on any atom is -0.481 e. The number of aliphatic carboxylic acids is 1. The zero-order valence-electron chi connectivity index (χ0n) is 13.2. The van der Waals surface area contributed by atoms with Gasteiger partial charge in [-0.05, 0) is 49.9 Å². The Morgan fingerprint density at radius 1 is 0.958 bits per heavy atom. The van der Waals surface area contributed by atoms with Gasteiger partial charge in [0, 0.05) is 17.3 Å². The Labute approximate surface area is 139 Å². The van der Waals surface area contributed by atoms with E-state index in [4.69, 9.17) is 0 Å². The van der Waals surface area contributed by atoms with Crippen LogP contribution in [0, 0.1) is 11.8 Å². The molecule has 126 valence electrons. The summed E-state index contributed by atoms with van der Waals surface area (Å²) in [6, 6.07) is 6.93. The minimum atomic E-state index is -0.952. The van der Waals surface area contributed by atoms with Crippen LogP contribution >= 0.6 is 0 Å². The number of carbonyl (C=O) groups is 3. The summed E-state index contributed by atoms with van der Waals surface area (Å²) in [5, 5.41) is 14.9. The number of carboxylic acid groups (broad SMARTS) is 1. The summed E-state index contributed by atoms with van der Waals surface area (Å²) in [4.78, 5) is 35.6. The van der Waals surface area contributed by atoms with Crippen molar-refractivity contribution in [2.45, 2.75) is 31.7 Å². The van der Waals surface area contributed by atoms with Gasteiger partial charge in [-0.15, -0.1) is 0 Å². The van der Waals surface area contributed by atoms with Crippen molar-refractivity contribution in [1.29, 1.82) is 0 Å². The monoisotopic (exact) mass is 328 g/mol. The molecule has 0 bridgehead atoms. The Bertz CT molecular complexity index is 677. The third kappa shape index (κ3) is 3.82. The quantitative estimate of drug-likeness (QED) is 0.722. The van der Waals surface area contributed by atoms with Gasteiger partial charge in [-0.3, -0.25) is 14.4 Å². The van der Waals surface area contributed by atoms with Crippen molar-refractivity contribution in [2.75, 3.05) is 5.32 Å². The van der Waals surface area contributed by atoms with E-state index in [0.717, 1.165) is 12.8 Å². The van der Waals surface area contributed by atoms with E-state index in [-0.39, 0.29) is 11.8 Å². The molecule has 0 spiro atoms. The van der Waals surface area contributed by atoms with Gasteiger partial charge in [-0.1, -0.05) is 12.2 Å². The maximum atomic E-state index is 12.4. The molecule has 1 saturated carbocycles. The Morgan fingerprint density at radius 2 is 1.58 bits per heavy atom. The van der Waals surface area contributed by atoms with Crippen molar-refractivity contribution < 1.29 is 19.5 Å². The first kappa shape index (κ1) is 16.2. The highest BCUT2D eigenvalue weighted by atomic mass is 16.4. The zero-order chi connectivity index (χ0) is 17.1. The van der Waals surface area contributed by atoms with Crippen molar-refractivity contribution >= 4 is 23.5 Å². The van der Waals surface area contributed by atoms with Crippen LogP contribution in [0.2, 0.25) is 0 Å². The van der Waals surface area contributed by atoms with Crippen LogP contribution in [0.4, 0.5) is 5.69 Å². The summed E-state index contributed by atoms with van der Waals surface area (Å²) in [6.07, 6.45) is 6.49. The van der Waals surface area contributed by atoms with Crippen LogP contribution in [-0.4, -0.2) is 28.9 Å². The van der Waals surface area contributed by atoms with Crippen LogP contribution in [0.5, 0.6) is 0 Å². The number of carbonyl (C=O) groups excluding carboxylic acids is 2. The lowest BCUT2D eigenvalue weighted by atomic mass is 9.82. The maximum absolute atomic E-state index is 12.4. The van der Waals surface area contributed by atoms with E-state index in [9.17, 15) is 19.5 Å². The van der Waals surface area contributed by atoms with Gasteiger partial charge < -0.3 is 15.7 Å². The van der Waals surface area contributed by atoms with Gasteiger partial charge in [-0.25, -0.2) is 0 Å². The van der Waals surface area contributed by atoms with Crippen LogP contribution in [0.1, 0.15) is 36.0 Å². The van der Waals surface area contributed by atoms with Gasteiger partial charge >= 0.3 is 5.97 Å². The Kier molecular flexibility index (Phi) is 4.64. The third-order valence-corrected chi connectivity index (χ3v) is 4.41. The minimum absolute atomic E-state index is 0.112. The molecule has 0 radical (unpaired) electrons. The average Bonchev–Trinajstić information content (AvgIpc) is 3.39. The van der Waals surface area contributed by atoms with Crippen molar-refractivity contribution in [3.05, 3.63) is 42.0 Å². The van der Waals surface area contributed by atoms with Crippen molar-refractivity contribution in [3.63, 3.8) is 0 Å². The summed E-state index contributed by atoms with van der Waals surface area (Å²) >= 11 is 0. The third-order valence-electron chi connectivity index (χ3n) is 4.41. The molecule has 2 atom stereocenters.